The van der Waals surface area contributed by atoms with Crippen molar-refractivity contribution in [3.05, 3.63) is 87.5 Å². The number of carbonyl (C=O) groups excluding carboxylic acids is 2. The highest BCUT2D eigenvalue weighted by molar-refractivity contribution is 6.07. The summed E-state index contributed by atoms with van der Waals surface area (Å²) in [6.07, 6.45) is 7.52. The lowest BCUT2D eigenvalue weighted by atomic mass is 9.97. The first kappa shape index (κ1) is 35.0. The van der Waals surface area contributed by atoms with E-state index in [2.05, 4.69) is 38.5 Å². The number of rotatable bonds is 8. The van der Waals surface area contributed by atoms with Gasteiger partial charge in [-0.1, -0.05) is 0 Å². The Balaban J connectivity index is 1.09. The van der Waals surface area contributed by atoms with E-state index >= 15 is 4.39 Å². The van der Waals surface area contributed by atoms with Gasteiger partial charge in [-0.05, 0) is 87.1 Å². The van der Waals surface area contributed by atoms with Gasteiger partial charge in [0.15, 0.2) is 0 Å². The number of amides is 1. The van der Waals surface area contributed by atoms with E-state index in [4.69, 9.17) is 9.47 Å². The molecule has 2 saturated heterocycles. The number of esters is 1. The van der Waals surface area contributed by atoms with Crippen molar-refractivity contribution in [3.63, 3.8) is 0 Å². The van der Waals surface area contributed by atoms with Crippen LogP contribution in [0.15, 0.2) is 53.6 Å². The molecule has 53 heavy (non-hydrogen) atoms. The molecular formula is C40H46FN7O5. The van der Waals surface area contributed by atoms with Crippen molar-refractivity contribution in [3.8, 4) is 11.1 Å². The molecule has 2 atom stereocenters. The number of aryl methyl sites for hydroxylation is 2. The highest BCUT2D eigenvalue weighted by Gasteiger charge is 2.37. The van der Waals surface area contributed by atoms with Gasteiger partial charge in [-0.2, -0.15) is 0 Å². The maximum absolute atomic E-state index is 15.7. The van der Waals surface area contributed by atoms with Gasteiger partial charge in [0.05, 0.1) is 36.8 Å². The summed E-state index contributed by atoms with van der Waals surface area (Å²) in [5.74, 6) is -0.796. The molecular weight excluding hydrogens is 677 g/mol. The first-order valence-corrected chi connectivity index (χ1v) is 18.6. The first-order chi connectivity index (χ1) is 25.5. The molecule has 0 unspecified atom stereocenters. The van der Waals surface area contributed by atoms with Gasteiger partial charge in [0, 0.05) is 75.3 Å². The fourth-order valence-corrected chi connectivity index (χ4v) is 8.47. The molecule has 13 heteroatoms. The average molecular weight is 724 g/mol. The Bertz CT molecular complexity index is 2120. The van der Waals surface area contributed by atoms with Gasteiger partial charge >= 0.3 is 5.97 Å². The van der Waals surface area contributed by atoms with E-state index in [-0.39, 0.29) is 23.8 Å². The maximum Gasteiger partial charge on any atom is 0.302 e. The average Bonchev–Trinajstić information content (AvgIpc) is 3.50. The van der Waals surface area contributed by atoms with Crippen molar-refractivity contribution in [2.24, 2.45) is 7.05 Å². The van der Waals surface area contributed by atoms with E-state index in [1.165, 1.54) is 34.9 Å². The van der Waals surface area contributed by atoms with Crippen LogP contribution in [0.2, 0.25) is 0 Å². The molecule has 3 aliphatic heterocycles. The van der Waals surface area contributed by atoms with E-state index in [1.807, 2.05) is 24.4 Å². The summed E-state index contributed by atoms with van der Waals surface area (Å²) in [6, 6.07) is 11.3. The third-order valence-corrected chi connectivity index (χ3v) is 11.3. The smallest absolute Gasteiger partial charge is 0.302 e. The fraction of sp³-hybridized carbons (Fsp3) is 0.450. The maximum atomic E-state index is 15.7. The second kappa shape index (κ2) is 14.1. The number of hydrogen-bond donors (Lipinski definition) is 1. The van der Waals surface area contributed by atoms with Crippen molar-refractivity contribution < 1.29 is 23.5 Å². The number of nitrogens with zero attached hydrogens (tertiary/aromatic N) is 6. The molecule has 1 aliphatic carbocycles. The zero-order valence-corrected chi connectivity index (χ0v) is 30.7. The quantitative estimate of drug-likeness (QED) is 0.250. The van der Waals surface area contributed by atoms with Gasteiger partial charge in [-0.25, -0.2) is 9.37 Å². The highest BCUT2D eigenvalue weighted by atomic mass is 19.1. The molecule has 4 aliphatic rings. The summed E-state index contributed by atoms with van der Waals surface area (Å²) < 4.78 is 30.1. The van der Waals surface area contributed by atoms with Gasteiger partial charge in [0.25, 0.3) is 11.5 Å². The number of hydrogen-bond acceptors (Lipinski definition) is 9. The third-order valence-electron chi connectivity index (χ3n) is 11.3. The van der Waals surface area contributed by atoms with Crippen molar-refractivity contribution >= 4 is 34.8 Å². The van der Waals surface area contributed by atoms with Crippen LogP contribution in [0.5, 0.6) is 0 Å². The second-order valence-electron chi connectivity index (χ2n) is 14.9. The van der Waals surface area contributed by atoms with Gasteiger partial charge < -0.3 is 33.7 Å². The predicted molar refractivity (Wildman–Crippen MR) is 200 cm³/mol. The molecule has 0 spiro atoms. The molecule has 1 amide bonds. The standard InChI is InChI=1S/C40H46FN7O5/c1-24-19-48(31-21-52-22-31)25(2)18-47(24)30-9-10-38(42-17-30)43-34-13-28(20-44(4)39(34)50)32-15-29(41)16-36(33(32)23-53-26(3)49)46-12-11-45-35-8-6-5-7-27(35)14-37(45)40(46)51/h9-10,13-17,20,24-25,31H,5-8,11-12,18-19,21-23H2,1-4H3,(H,42,43)/t24-,25+/m0/s1. The Kier molecular flexibility index (Phi) is 9.32. The SMILES string of the molecule is CC(=O)OCc1c(-c2cc(Nc3ccc(N4C[C@@H](C)N(C5COC5)C[C@@H]4C)cn3)c(=O)n(C)c2)cc(F)cc1N1CCn2c(cc3c2CCCC3)C1=O. The molecule has 12 nitrogen and oxygen atoms in total. The molecule has 3 aromatic heterocycles. The topological polar surface area (TPSA) is 114 Å². The zero-order chi connectivity index (χ0) is 37.0. The van der Waals surface area contributed by atoms with Crippen LogP contribution in [0.3, 0.4) is 0 Å². The van der Waals surface area contributed by atoms with Crippen LogP contribution in [0.25, 0.3) is 11.1 Å². The Morgan fingerprint density at radius 2 is 1.85 bits per heavy atom. The lowest BCUT2D eigenvalue weighted by molar-refractivity contribution is -0.142. The van der Waals surface area contributed by atoms with E-state index in [9.17, 15) is 14.4 Å². The van der Waals surface area contributed by atoms with Crippen LogP contribution in [-0.2, 0) is 47.3 Å². The molecule has 1 aromatic carbocycles. The number of aromatic nitrogens is 3. The van der Waals surface area contributed by atoms with Crippen molar-refractivity contribution in [1.29, 1.82) is 0 Å². The first-order valence-electron chi connectivity index (χ1n) is 18.6. The molecule has 0 saturated carbocycles. The number of halogens is 1. The van der Waals surface area contributed by atoms with Crippen molar-refractivity contribution in [1.82, 2.24) is 19.0 Å². The highest BCUT2D eigenvalue weighted by Crippen LogP contribution is 2.37. The fourth-order valence-electron chi connectivity index (χ4n) is 8.47. The minimum absolute atomic E-state index is 0.185. The third kappa shape index (κ3) is 6.61. The number of ether oxygens (including phenoxy) is 2. The lowest BCUT2D eigenvalue weighted by Gasteiger charge is -2.50. The number of anilines is 4. The number of nitrogens with one attached hydrogen (secondary N) is 1. The molecule has 0 radical (unpaired) electrons. The van der Waals surface area contributed by atoms with Crippen LogP contribution in [-0.4, -0.2) is 81.9 Å². The van der Waals surface area contributed by atoms with Gasteiger partial charge in [-0.3, -0.25) is 19.3 Å². The second-order valence-corrected chi connectivity index (χ2v) is 14.9. The van der Waals surface area contributed by atoms with E-state index in [1.54, 1.807) is 24.2 Å². The van der Waals surface area contributed by atoms with Gasteiger partial charge in [0.1, 0.15) is 29.6 Å². The van der Waals surface area contributed by atoms with Crippen LogP contribution < -0.4 is 20.7 Å². The van der Waals surface area contributed by atoms with Crippen molar-refractivity contribution in [2.45, 2.75) is 77.7 Å². The molecule has 278 valence electrons. The Hall–Kier alpha value is -5.01. The van der Waals surface area contributed by atoms with Crippen LogP contribution in [0, 0.1) is 5.82 Å². The molecule has 8 rings (SSSR count). The van der Waals surface area contributed by atoms with Gasteiger partial charge in [0.2, 0.25) is 0 Å². The summed E-state index contributed by atoms with van der Waals surface area (Å²) in [5.41, 5.74) is 5.69. The van der Waals surface area contributed by atoms with Crippen LogP contribution in [0.4, 0.5) is 27.3 Å². The summed E-state index contributed by atoms with van der Waals surface area (Å²) in [6.45, 7) is 9.92. The molecule has 2 fully saturated rings. The zero-order valence-electron chi connectivity index (χ0n) is 30.7. The number of piperazine rings is 1. The molecule has 0 bridgehead atoms. The number of benzene rings is 1. The Morgan fingerprint density at radius 1 is 1.04 bits per heavy atom. The minimum atomic E-state index is -0.555. The van der Waals surface area contributed by atoms with Crippen molar-refractivity contribution in [2.75, 3.05) is 48.0 Å². The number of fused-ring (bicyclic) bond motifs is 3. The molecule has 1 N–H and O–H groups in total. The molecule has 6 heterocycles. The van der Waals surface area contributed by atoms with E-state index in [0.717, 1.165) is 57.7 Å². The summed E-state index contributed by atoms with van der Waals surface area (Å²) in [7, 11) is 1.63. The Labute approximate surface area is 308 Å². The van der Waals surface area contributed by atoms with E-state index in [0.29, 0.717) is 65.1 Å². The van der Waals surface area contributed by atoms with Gasteiger partial charge in [-0.15, -0.1) is 0 Å². The molecule has 4 aromatic rings. The largest absolute Gasteiger partial charge is 0.461 e. The van der Waals surface area contributed by atoms with Crippen LogP contribution in [0.1, 0.15) is 60.9 Å². The van der Waals surface area contributed by atoms with Crippen LogP contribution >= 0.6 is 0 Å². The summed E-state index contributed by atoms with van der Waals surface area (Å²) in [4.78, 5) is 50.7. The monoisotopic (exact) mass is 723 g/mol. The predicted octanol–water partition coefficient (Wildman–Crippen LogP) is 5.03. The number of carbonyl (C=O) groups is 2. The lowest BCUT2D eigenvalue weighted by Crippen LogP contribution is -2.63. The normalized spacial score (nSPS) is 20.5. The minimum Gasteiger partial charge on any atom is -0.461 e. The Morgan fingerprint density at radius 3 is 2.58 bits per heavy atom. The summed E-state index contributed by atoms with van der Waals surface area (Å²) >= 11 is 0. The number of pyridine rings is 2. The van der Waals surface area contributed by atoms with E-state index < -0.39 is 11.8 Å². The summed E-state index contributed by atoms with van der Waals surface area (Å²) in [5, 5.41) is 3.18.